The third kappa shape index (κ3) is 3.68. The number of aromatic nitrogens is 1. The predicted octanol–water partition coefficient (Wildman–Crippen LogP) is 4.24. The number of carbonyl (C=O) groups excluding carboxylic acids is 1. The monoisotopic (exact) mass is 286 g/mol. The van der Waals surface area contributed by atoms with Crippen LogP contribution in [-0.2, 0) is 0 Å². The van der Waals surface area contributed by atoms with Crippen LogP contribution in [0.3, 0.4) is 0 Å². The quantitative estimate of drug-likeness (QED) is 0.675. The molecule has 0 fully saturated rings. The zero-order valence-corrected chi connectivity index (χ0v) is 12.1. The summed E-state index contributed by atoms with van der Waals surface area (Å²) in [5.74, 6) is -0.0808. The van der Waals surface area contributed by atoms with E-state index >= 15 is 0 Å². The Bertz CT molecular complexity index is 651. The van der Waals surface area contributed by atoms with Crippen molar-refractivity contribution in [2.45, 2.75) is 13.8 Å². The number of allylic oxidation sites excluding steroid dienone is 2. The van der Waals surface area contributed by atoms with Crippen molar-refractivity contribution in [3.05, 3.63) is 70.6 Å². The van der Waals surface area contributed by atoms with Gasteiger partial charge < -0.3 is 5.32 Å². The molecule has 0 bridgehead atoms. The number of halogens is 1. The van der Waals surface area contributed by atoms with Crippen molar-refractivity contribution < 1.29 is 4.79 Å². The molecule has 1 heterocycles. The molecule has 1 aromatic heterocycles. The largest absolute Gasteiger partial charge is 0.359 e. The molecule has 0 radical (unpaired) electrons. The Labute approximate surface area is 123 Å². The maximum Gasteiger partial charge on any atom is 0.189 e. The number of anilines is 1. The fourth-order valence-corrected chi connectivity index (χ4v) is 1.94. The molecule has 0 saturated heterocycles. The Morgan fingerprint density at radius 1 is 1.35 bits per heavy atom. The van der Waals surface area contributed by atoms with Crippen molar-refractivity contribution >= 4 is 23.1 Å². The number of ketones is 1. The van der Waals surface area contributed by atoms with Crippen molar-refractivity contribution in [3.8, 4) is 0 Å². The molecule has 0 spiro atoms. The lowest BCUT2D eigenvalue weighted by Crippen LogP contribution is -2.02. The van der Waals surface area contributed by atoms with Gasteiger partial charge in [-0.15, -0.1) is 0 Å². The molecule has 1 aromatic carbocycles. The van der Waals surface area contributed by atoms with E-state index < -0.39 is 0 Å². The molecule has 0 unspecified atom stereocenters. The Balaban J connectivity index is 2.15. The highest BCUT2D eigenvalue weighted by molar-refractivity contribution is 6.30. The smallest absolute Gasteiger partial charge is 0.189 e. The number of carbonyl (C=O) groups is 1. The number of aryl methyl sites for hydroxylation is 1. The minimum Gasteiger partial charge on any atom is -0.359 e. The molecule has 0 aliphatic rings. The molecule has 20 heavy (non-hydrogen) atoms. The van der Waals surface area contributed by atoms with Crippen LogP contribution in [0.5, 0.6) is 0 Å². The van der Waals surface area contributed by atoms with Gasteiger partial charge in [-0.1, -0.05) is 17.7 Å². The van der Waals surface area contributed by atoms with Crippen molar-refractivity contribution in [3.63, 3.8) is 0 Å². The second kappa shape index (κ2) is 6.35. The molecular weight excluding hydrogens is 272 g/mol. The van der Waals surface area contributed by atoms with Crippen LogP contribution in [0.15, 0.2) is 54.5 Å². The van der Waals surface area contributed by atoms with Crippen LogP contribution in [0.4, 0.5) is 5.69 Å². The van der Waals surface area contributed by atoms with Gasteiger partial charge in [0.15, 0.2) is 5.78 Å². The second-order valence-corrected chi connectivity index (χ2v) is 4.95. The summed E-state index contributed by atoms with van der Waals surface area (Å²) in [4.78, 5) is 15.9. The number of benzene rings is 1. The van der Waals surface area contributed by atoms with Gasteiger partial charge in [0.1, 0.15) is 0 Å². The summed E-state index contributed by atoms with van der Waals surface area (Å²) in [5.41, 5.74) is 3.28. The summed E-state index contributed by atoms with van der Waals surface area (Å²) in [6, 6.07) is 9.08. The van der Waals surface area contributed by atoms with Crippen LogP contribution in [0, 0.1) is 6.92 Å². The first-order valence-electron chi connectivity index (χ1n) is 6.22. The van der Waals surface area contributed by atoms with Gasteiger partial charge in [0.25, 0.3) is 0 Å². The highest BCUT2D eigenvalue weighted by atomic mass is 35.5. The van der Waals surface area contributed by atoms with E-state index in [4.69, 9.17) is 11.6 Å². The Morgan fingerprint density at radius 2 is 2.15 bits per heavy atom. The first-order chi connectivity index (χ1) is 9.56. The zero-order valence-electron chi connectivity index (χ0n) is 11.4. The minimum atomic E-state index is -0.0808. The van der Waals surface area contributed by atoms with E-state index in [2.05, 4.69) is 10.3 Å². The summed E-state index contributed by atoms with van der Waals surface area (Å²) in [6.45, 7) is 3.82. The molecule has 0 amide bonds. The van der Waals surface area contributed by atoms with E-state index in [1.54, 1.807) is 30.6 Å². The average Bonchev–Trinajstić information content (AvgIpc) is 2.43. The summed E-state index contributed by atoms with van der Waals surface area (Å²) in [5, 5.41) is 3.84. The van der Waals surface area contributed by atoms with Crippen LogP contribution in [0.25, 0.3) is 0 Å². The van der Waals surface area contributed by atoms with Gasteiger partial charge in [-0.2, -0.15) is 0 Å². The van der Waals surface area contributed by atoms with E-state index in [9.17, 15) is 4.79 Å². The van der Waals surface area contributed by atoms with E-state index in [1.807, 2.05) is 32.0 Å². The standard InChI is InChI=1S/C16H15ClN2O/c1-11-5-6-14(17)9-15(11)19-12(2)8-16(20)13-4-3-7-18-10-13/h3-10,19H,1-2H3/b12-8+. The van der Waals surface area contributed by atoms with E-state index in [1.165, 1.54) is 0 Å². The summed E-state index contributed by atoms with van der Waals surface area (Å²) < 4.78 is 0. The lowest BCUT2D eigenvalue weighted by Gasteiger charge is -2.10. The Kier molecular flexibility index (Phi) is 4.53. The fraction of sp³-hybridized carbons (Fsp3) is 0.125. The van der Waals surface area contributed by atoms with Gasteiger partial charge in [0.2, 0.25) is 0 Å². The topological polar surface area (TPSA) is 42.0 Å². The zero-order chi connectivity index (χ0) is 14.5. The molecule has 2 rings (SSSR count). The van der Waals surface area contributed by atoms with Crippen LogP contribution >= 0.6 is 11.6 Å². The van der Waals surface area contributed by atoms with Gasteiger partial charge in [0.05, 0.1) is 0 Å². The van der Waals surface area contributed by atoms with Crippen LogP contribution < -0.4 is 5.32 Å². The van der Waals surface area contributed by atoms with Crippen LogP contribution in [0.2, 0.25) is 5.02 Å². The summed E-state index contributed by atoms with van der Waals surface area (Å²) in [6.07, 6.45) is 4.75. The number of pyridine rings is 1. The molecule has 0 aliphatic heterocycles. The molecule has 1 N–H and O–H groups in total. The summed E-state index contributed by atoms with van der Waals surface area (Å²) in [7, 11) is 0. The van der Waals surface area contributed by atoms with Gasteiger partial charge >= 0.3 is 0 Å². The molecule has 4 heteroatoms. The lowest BCUT2D eigenvalue weighted by molar-refractivity contribution is 0.104. The van der Waals surface area contributed by atoms with Crippen molar-refractivity contribution in [1.29, 1.82) is 0 Å². The van der Waals surface area contributed by atoms with E-state index in [-0.39, 0.29) is 5.78 Å². The SMILES string of the molecule is C/C(=C\C(=O)c1cccnc1)Nc1cc(Cl)ccc1C. The van der Waals surface area contributed by atoms with Gasteiger partial charge in [-0.3, -0.25) is 9.78 Å². The van der Waals surface area contributed by atoms with E-state index in [0.717, 1.165) is 16.9 Å². The van der Waals surface area contributed by atoms with Crippen molar-refractivity contribution in [2.24, 2.45) is 0 Å². The number of rotatable bonds is 4. The van der Waals surface area contributed by atoms with Gasteiger partial charge in [-0.05, 0) is 43.7 Å². The van der Waals surface area contributed by atoms with Gasteiger partial charge in [0, 0.05) is 40.4 Å². The fourth-order valence-electron chi connectivity index (χ4n) is 1.77. The maximum atomic E-state index is 12.0. The number of hydrogen-bond donors (Lipinski definition) is 1. The molecule has 0 atom stereocenters. The molecule has 2 aromatic rings. The Hall–Kier alpha value is -2.13. The number of hydrogen-bond acceptors (Lipinski definition) is 3. The van der Waals surface area contributed by atoms with Crippen LogP contribution in [0.1, 0.15) is 22.8 Å². The minimum absolute atomic E-state index is 0.0808. The highest BCUT2D eigenvalue weighted by Crippen LogP contribution is 2.21. The molecule has 0 aliphatic carbocycles. The highest BCUT2D eigenvalue weighted by Gasteiger charge is 2.04. The number of nitrogens with zero attached hydrogens (tertiary/aromatic N) is 1. The van der Waals surface area contributed by atoms with Gasteiger partial charge in [-0.25, -0.2) is 0 Å². The van der Waals surface area contributed by atoms with Crippen molar-refractivity contribution in [1.82, 2.24) is 4.98 Å². The third-order valence-corrected chi connectivity index (χ3v) is 3.06. The van der Waals surface area contributed by atoms with E-state index in [0.29, 0.717) is 10.6 Å². The van der Waals surface area contributed by atoms with Crippen molar-refractivity contribution in [2.75, 3.05) is 5.32 Å². The third-order valence-electron chi connectivity index (χ3n) is 2.83. The first-order valence-corrected chi connectivity index (χ1v) is 6.60. The first kappa shape index (κ1) is 14.3. The second-order valence-electron chi connectivity index (χ2n) is 4.52. The lowest BCUT2D eigenvalue weighted by atomic mass is 10.1. The maximum absolute atomic E-state index is 12.0. The predicted molar refractivity (Wildman–Crippen MR) is 82.1 cm³/mol. The normalized spacial score (nSPS) is 11.2. The molecule has 3 nitrogen and oxygen atoms in total. The Morgan fingerprint density at radius 3 is 2.85 bits per heavy atom. The number of nitrogens with one attached hydrogen (secondary N) is 1. The molecule has 102 valence electrons. The summed E-state index contributed by atoms with van der Waals surface area (Å²) >= 11 is 5.97. The average molecular weight is 287 g/mol. The molecular formula is C16H15ClN2O. The molecule has 0 saturated carbocycles. The van der Waals surface area contributed by atoms with Crippen LogP contribution in [-0.4, -0.2) is 10.8 Å².